The van der Waals surface area contributed by atoms with Gasteiger partial charge in [0.2, 0.25) is 0 Å². The molecule has 4 nitrogen and oxygen atoms in total. The van der Waals surface area contributed by atoms with Gasteiger partial charge in [0, 0.05) is 45.5 Å². The zero-order valence-electron chi connectivity index (χ0n) is 22.5. The lowest BCUT2D eigenvalue weighted by Gasteiger charge is -2.45. The number of carbonyl (C=O) groups excluding carboxylic acids is 1. The normalized spacial score (nSPS) is 20.5. The third kappa shape index (κ3) is 4.58. The third-order valence-electron chi connectivity index (χ3n) is 7.63. The summed E-state index contributed by atoms with van der Waals surface area (Å²) in [6.07, 6.45) is 1.03. The Hall–Kier alpha value is -3.63. The summed E-state index contributed by atoms with van der Waals surface area (Å²) in [6.45, 7) is 10.1. The Labute approximate surface area is 229 Å². The van der Waals surface area contributed by atoms with Crippen molar-refractivity contribution in [1.29, 1.82) is 5.41 Å². The Kier molecular flexibility index (Phi) is 6.56. The number of aliphatic hydroxyl groups is 1. The average Bonchev–Trinajstić information content (AvgIpc) is 2.85. The van der Waals surface area contributed by atoms with Gasteiger partial charge in [-0.1, -0.05) is 91.2 Å². The number of nitrogens with one attached hydrogen (secondary N) is 1. The van der Waals surface area contributed by atoms with E-state index in [4.69, 9.17) is 11.6 Å². The Morgan fingerprint density at radius 1 is 0.947 bits per heavy atom. The number of carbonyl (C=O) groups is 1. The number of halogens is 1. The number of ketones is 1. The standard InChI is InChI=1S/C33H33ClN2O2/c1-19-6-11-22(12-7-19)28-29-26(17-33(4,5)18-27(29)37)36(24-15-10-21(3)25(34)16-24)32(35)30(28)31(38)23-13-8-20(2)9-14-23/h6-16,28,35,38H,17-18H2,1-5H3/b31-30+,35-32?/t28-/m1/s1. The SMILES string of the molecule is Cc1ccc(/C(O)=C2\C(=N)N(c3ccc(C)c(Cl)c3)C3=C(C(=O)CC(C)(C)C3)[C@H]2c2ccc(C)cc2)cc1. The molecule has 2 aliphatic rings. The number of anilines is 1. The molecule has 0 amide bonds. The molecule has 0 spiro atoms. The first kappa shape index (κ1) is 26.0. The Bertz CT molecular complexity index is 1510. The molecule has 0 aromatic heterocycles. The quantitative estimate of drug-likeness (QED) is 0.338. The van der Waals surface area contributed by atoms with E-state index in [0.29, 0.717) is 40.3 Å². The maximum Gasteiger partial charge on any atom is 0.162 e. The molecule has 1 aliphatic carbocycles. The molecule has 3 aromatic carbocycles. The number of benzene rings is 3. The molecule has 0 radical (unpaired) electrons. The van der Waals surface area contributed by atoms with Gasteiger partial charge >= 0.3 is 0 Å². The van der Waals surface area contributed by atoms with Crippen LogP contribution in [0.15, 0.2) is 83.6 Å². The number of nitrogens with zero attached hydrogens (tertiary/aromatic N) is 1. The van der Waals surface area contributed by atoms with E-state index in [0.717, 1.165) is 28.0 Å². The molecule has 1 aliphatic heterocycles. The van der Waals surface area contributed by atoms with Gasteiger partial charge in [-0.2, -0.15) is 0 Å². The van der Waals surface area contributed by atoms with Crippen molar-refractivity contribution in [2.24, 2.45) is 5.41 Å². The van der Waals surface area contributed by atoms with Gasteiger partial charge in [-0.3, -0.25) is 15.1 Å². The summed E-state index contributed by atoms with van der Waals surface area (Å²) >= 11 is 6.55. The van der Waals surface area contributed by atoms with E-state index < -0.39 is 5.92 Å². The third-order valence-corrected chi connectivity index (χ3v) is 8.03. The Balaban J connectivity index is 1.85. The van der Waals surface area contributed by atoms with Gasteiger partial charge < -0.3 is 5.11 Å². The Morgan fingerprint density at radius 3 is 2.16 bits per heavy atom. The molecule has 0 fully saturated rings. The van der Waals surface area contributed by atoms with Gasteiger partial charge in [-0.25, -0.2) is 0 Å². The van der Waals surface area contributed by atoms with Gasteiger partial charge in [0.15, 0.2) is 5.78 Å². The number of amidine groups is 1. The second-order valence-corrected chi connectivity index (χ2v) is 11.8. The molecular weight excluding hydrogens is 492 g/mol. The molecule has 1 heterocycles. The van der Waals surface area contributed by atoms with Crippen LogP contribution in [0.25, 0.3) is 5.76 Å². The molecule has 5 rings (SSSR count). The summed E-state index contributed by atoms with van der Waals surface area (Å²) < 4.78 is 0. The average molecular weight is 525 g/mol. The first-order valence-electron chi connectivity index (χ1n) is 12.9. The summed E-state index contributed by atoms with van der Waals surface area (Å²) in [7, 11) is 0. The van der Waals surface area contributed by atoms with Crippen molar-refractivity contribution in [2.75, 3.05) is 4.90 Å². The lowest BCUT2D eigenvalue weighted by atomic mass is 9.67. The first-order chi connectivity index (χ1) is 18.0. The van der Waals surface area contributed by atoms with E-state index in [-0.39, 0.29) is 22.8 Å². The minimum atomic E-state index is -0.555. The van der Waals surface area contributed by atoms with Gasteiger partial charge in [0.1, 0.15) is 11.6 Å². The summed E-state index contributed by atoms with van der Waals surface area (Å²) in [4.78, 5) is 15.8. The summed E-state index contributed by atoms with van der Waals surface area (Å²) in [6, 6.07) is 21.3. The number of aliphatic hydroxyl groups excluding tert-OH is 1. The van der Waals surface area contributed by atoms with Crippen molar-refractivity contribution in [2.45, 2.75) is 53.4 Å². The van der Waals surface area contributed by atoms with E-state index >= 15 is 0 Å². The fraction of sp³-hybridized carbons (Fsp3) is 0.273. The van der Waals surface area contributed by atoms with Crippen molar-refractivity contribution in [3.8, 4) is 0 Å². The van der Waals surface area contributed by atoms with Crippen LogP contribution in [0.5, 0.6) is 0 Å². The van der Waals surface area contributed by atoms with E-state index in [1.54, 1.807) is 0 Å². The summed E-state index contributed by atoms with van der Waals surface area (Å²) in [5, 5.41) is 21.9. The highest BCUT2D eigenvalue weighted by Crippen LogP contribution is 2.51. The smallest absolute Gasteiger partial charge is 0.162 e. The number of rotatable bonds is 3. The van der Waals surface area contributed by atoms with Crippen LogP contribution in [0.4, 0.5) is 5.69 Å². The minimum absolute atomic E-state index is 0.00738. The van der Waals surface area contributed by atoms with Crippen LogP contribution in [-0.2, 0) is 4.79 Å². The van der Waals surface area contributed by atoms with E-state index in [1.165, 1.54) is 0 Å². The molecule has 194 valence electrons. The fourth-order valence-corrected chi connectivity index (χ4v) is 5.75. The number of aryl methyl sites for hydroxylation is 3. The topological polar surface area (TPSA) is 64.4 Å². The largest absolute Gasteiger partial charge is 0.507 e. The monoisotopic (exact) mass is 524 g/mol. The highest BCUT2D eigenvalue weighted by Gasteiger charge is 2.46. The van der Waals surface area contributed by atoms with Crippen molar-refractivity contribution >= 4 is 34.7 Å². The van der Waals surface area contributed by atoms with Gasteiger partial charge in [0.25, 0.3) is 0 Å². The lowest BCUT2D eigenvalue weighted by molar-refractivity contribution is -0.118. The van der Waals surface area contributed by atoms with Crippen LogP contribution in [0.3, 0.4) is 0 Å². The van der Waals surface area contributed by atoms with E-state index in [1.807, 2.05) is 92.4 Å². The molecule has 0 saturated heterocycles. The van der Waals surface area contributed by atoms with Crippen LogP contribution in [0, 0.1) is 31.6 Å². The van der Waals surface area contributed by atoms with Gasteiger partial charge in [-0.15, -0.1) is 0 Å². The highest BCUT2D eigenvalue weighted by atomic mass is 35.5. The minimum Gasteiger partial charge on any atom is -0.507 e. The predicted molar refractivity (Wildman–Crippen MR) is 156 cm³/mol. The molecule has 0 bridgehead atoms. The highest BCUT2D eigenvalue weighted by molar-refractivity contribution is 6.32. The first-order valence-corrected chi connectivity index (χ1v) is 13.3. The number of hydrogen-bond acceptors (Lipinski definition) is 3. The molecule has 3 aromatic rings. The van der Waals surface area contributed by atoms with Crippen molar-refractivity contribution < 1.29 is 9.90 Å². The second-order valence-electron chi connectivity index (χ2n) is 11.4. The van der Waals surface area contributed by atoms with Crippen molar-refractivity contribution in [3.05, 3.63) is 116 Å². The number of allylic oxidation sites excluding steroid dienone is 2. The van der Waals surface area contributed by atoms with Gasteiger partial charge in [0.05, 0.1) is 0 Å². The molecule has 38 heavy (non-hydrogen) atoms. The van der Waals surface area contributed by atoms with Crippen molar-refractivity contribution in [3.63, 3.8) is 0 Å². The lowest BCUT2D eigenvalue weighted by Crippen LogP contribution is -2.45. The van der Waals surface area contributed by atoms with Gasteiger partial charge in [-0.05, 0) is 55.9 Å². The number of Topliss-reactive ketones (excluding diaryl/α,β-unsaturated/α-hetero) is 1. The second kappa shape index (κ2) is 9.59. The Morgan fingerprint density at radius 2 is 1.55 bits per heavy atom. The summed E-state index contributed by atoms with van der Waals surface area (Å²) in [5.41, 5.74) is 6.93. The molecule has 5 heteroatoms. The predicted octanol–water partition coefficient (Wildman–Crippen LogP) is 8.46. The molecule has 1 atom stereocenters. The maximum atomic E-state index is 14.0. The van der Waals surface area contributed by atoms with Crippen LogP contribution < -0.4 is 4.90 Å². The summed E-state index contributed by atoms with van der Waals surface area (Å²) in [5.74, 6) is -0.349. The maximum absolute atomic E-state index is 14.0. The van der Waals surface area contributed by atoms with E-state index in [2.05, 4.69) is 13.8 Å². The molecule has 0 saturated carbocycles. The fourth-order valence-electron chi connectivity index (χ4n) is 5.58. The van der Waals surface area contributed by atoms with Crippen LogP contribution in [0.1, 0.15) is 60.4 Å². The van der Waals surface area contributed by atoms with Crippen LogP contribution in [-0.4, -0.2) is 16.7 Å². The van der Waals surface area contributed by atoms with Crippen LogP contribution >= 0.6 is 11.6 Å². The number of hydrogen-bond donors (Lipinski definition) is 2. The van der Waals surface area contributed by atoms with Crippen molar-refractivity contribution in [1.82, 2.24) is 0 Å². The zero-order chi connectivity index (χ0) is 27.4. The molecular formula is C33H33ClN2O2. The molecule has 2 N–H and O–H groups in total. The van der Waals surface area contributed by atoms with Crippen LogP contribution in [0.2, 0.25) is 5.02 Å². The zero-order valence-corrected chi connectivity index (χ0v) is 23.3. The van der Waals surface area contributed by atoms with E-state index in [9.17, 15) is 15.3 Å². The molecule has 0 unspecified atom stereocenters.